The van der Waals surface area contributed by atoms with Gasteiger partial charge in [-0.05, 0) is 60.7 Å². The van der Waals surface area contributed by atoms with E-state index in [0.29, 0.717) is 16.8 Å². The number of carbonyl (C=O) groups is 2. The number of hydrogen-bond donors (Lipinski definition) is 1. The lowest BCUT2D eigenvalue weighted by Gasteiger charge is -2.11. The summed E-state index contributed by atoms with van der Waals surface area (Å²) in [6.45, 7) is 0. The maximum absolute atomic E-state index is 12.5. The monoisotopic (exact) mass is 384 g/mol. The highest BCUT2D eigenvalue weighted by molar-refractivity contribution is 6.04. The van der Waals surface area contributed by atoms with Crippen molar-refractivity contribution in [2.45, 2.75) is 0 Å². The van der Waals surface area contributed by atoms with Crippen LogP contribution < -0.4 is 5.32 Å². The molecule has 1 heterocycles. The molecule has 6 nitrogen and oxygen atoms in total. The Morgan fingerprint density at radius 3 is 2.21 bits per heavy atom. The smallest absolute Gasteiger partial charge is 0.255 e. The van der Waals surface area contributed by atoms with E-state index in [1.54, 1.807) is 56.8 Å². The molecule has 0 bridgehead atoms. The summed E-state index contributed by atoms with van der Waals surface area (Å²) in [6, 6.07) is 22.1. The number of para-hydroxylation sites is 2. The van der Waals surface area contributed by atoms with Crippen LogP contribution in [0.4, 0.5) is 5.69 Å². The molecule has 0 radical (unpaired) electrons. The molecule has 29 heavy (non-hydrogen) atoms. The fourth-order valence-electron chi connectivity index (χ4n) is 3.10. The Bertz CT molecular complexity index is 1180. The molecule has 3 aromatic carbocycles. The molecular weight excluding hydrogens is 364 g/mol. The molecule has 6 heteroatoms. The molecule has 4 aromatic rings. The second kappa shape index (κ2) is 7.59. The zero-order chi connectivity index (χ0) is 20.4. The largest absolute Gasteiger partial charge is 0.345 e. The first-order valence-corrected chi connectivity index (χ1v) is 9.18. The van der Waals surface area contributed by atoms with Crippen LogP contribution in [0.5, 0.6) is 0 Å². The number of nitrogens with one attached hydrogen (secondary N) is 1. The Kier molecular flexibility index (Phi) is 4.83. The number of hydrogen-bond acceptors (Lipinski definition) is 3. The van der Waals surface area contributed by atoms with Crippen LogP contribution in [0.2, 0.25) is 0 Å². The van der Waals surface area contributed by atoms with Gasteiger partial charge in [0.15, 0.2) is 0 Å². The van der Waals surface area contributed by atoms with Crippen LogP contribution in [0.25, 0.3) is 16.7 Å². The van der Waals surface area contributed by atoms with Crippen molar-refractivity contribution in [2.24, 2.45) is 0 Å². The standard InChI is InChI=1S/C23H20N4O2/c1-26(2)23(29)17-7-11-18(12-8-17)25-22(28)16-9-13-19(14-10-16)27-15-24-20-5-3-4-6-21(20)27/h3-15H,1-2H3,(H,25,28). The third-order valence-electron chi connectivity index (χ3n) is 4.66. The van der Waals surface area contributed by atoms with Gasteiger partial charge in [-0.1, -0.05) is 12.1 Å². The van der Waals surface area contributed by atoms with Gasteiger partial charge >= 0.3 is 0 Å². The SMILES string of the molecule is CN(C)C(=O)c1ccc(NC(=O)c2ccc(-n3cnc4ccccc43)cc2)cc1. The molecule has 0 fully saturated rings. The maximum atomic E-state index is 12.5. The molecule has 0 saturated carbocycles. The van der Waals surface area contributed by atoms with E-state index in [1.165, 1.54) is 4.90 Å². The Morgan fingerprint density at radius 1 is 0.862 bits per heavy atom. The van der Waals surface area contributed by atoms with E-state index >= 15 is 0 Å². The van der Waals surface area contributed by atoms with Crippen molar-refractivity contribution in [2.75, 3.05) is 19.4 Å². The lowest BCUT2D eigenvalue weighted by Crippen LogP contribution is -2.21. The van der Waals surface area contributed by atoms with Crippen LogP contribution in [-0.4, -0.2) is 40.4 Å². The van der Waals surface area contributed by atoms with Crippen LogP contribution >= 0.6 is 0 Å². The summed E-state index contributed by atoms with van der Waals surface area (Å²) in [5.41, 5.74) is 4.62. The normalized spacial score (nSPS) is 10.7. The fraction of sp³-hybridized carbons (Fsp3) is 0.0870. The summed E-state index contributed by atoms with van der Waals surface area (Å²) in [5.74, 6) is -0.288. The number of carbonyl (C=O) groups excluding carboxylic acids is 2. The van der Waals surface area contributed by atoms with Gasteiger partial charge in [0.25, 0.3) is 11.8 Å². The lowest BCUT2D eigenvalue weighted by molar-refractivity contribution is 0.0827. The van der Waals surface area contributed by atoms with Crippen LogP contribution in [0.15, 0.2) is 79.1 Å². The van der Waals surface area contributed by atoms with Gasteiger partial charge in [-0.25, -0.2) is 4.98 Å². The van der Waals surface area contributed by atoms with Gasteiger partial charge in [0.05, 0.1) is 11.0 Å². The lowest BCUT2D eigenvalue weighted by atomic mass is 10.1. The summed E-state index contributed by atoms with van der Waals surface area (Å²) < 4.78 is 1.98. The number of rotatable bonds is 4. The second-order valence-corrected chi connectivity index (χ2v) is 6.88. The Hall–Kier alpha value is -3.93. The molecule has 4 rings (SSSR count). The van der Waals surface area contributed by atoms with E-state index in [1.807, 2.05) is 41.0 Å². The molecule has 0 aliphatic carbocycles. The second-order valence-electron chi connectivity index (χ2n) is 6.88. The molecule has 0 unspecified atom stereocenters. The maximum Gasteiger partial charge on any atom is 0.255 e. The molecule has 0 spiro atoms. The van der Waals surface area contributed by atoms with Crippen molar-refractivity contribution in [1.82, 2.24) is 14.5 Å². The average molecular weight is 384 g/mol. The summed E-state index contributed by atoms with van der Waals surface area (Å²) in [7, 11) is 3.41. The summed E-state index contributed by atoms with van der Waals surface area (Å²) in [4.78, 5) is 30.4. The predicted molar refractivity (Wildman–Crippen MR) is 113 cm³/mol. The molecule has 1 N–H and O–H groups in total. The predicted octanol–water partition coefficient (Wildman–Crippen LogP) is 3.98. The number of anilines is 1. The third-order valence-corrected chi connectivity index (χ3v) is 4.66. The summed E-state index contributed by atoms with van der Waals surface area (Å²) in [6.07, 6.45) is 1.77. The first-order chi connectivity index (χ1) is 14.0. The minimum atomic E-state index is -0.210. The van der Waals surface area contributed by atoms with E-state index in [4.69, 9.17) is 0 Å². The first-order valence-electron chi connectivity index (χ1n) is 9.18. The van der Waals surface area contributed by atoms with Crippen LogP contribution in [0.3, 0.4) is 0 Å². The van der Waals surface area contributed by atoms with Gasteiger partial charge in [-0.2, -0.15) is 0 Å². The van der Waals surface area contributed by atoms with E-state index < -0.39 is 0 Å². The minimum Gasteiger partial charge on any atom is -0.345 e. The number of nitrogens with zero attached hydrogens (tertiary/aromatic N) is 3. The van der Waals surface area contributed by atoms with Gasteiger partial charge in [-0.3, -0.25) is 14.2 Å². The van der Waals surface area contributed by atoms with Crippen LogP contribution in [0, 0.1) is 0 Å². The van der Waals surface area contributed by atoms with E-state index in [0.717, 1.165) is 16.7 Å². The van der Waals surface area contributed by atoms with Crippen LogP contribution in [0.1, 0.15) is 20.7 Å². The minimum absolute atomic E-state index is 0.0782. The summed E-state index contributed by atoms with van der Waals surface area (Å²) in [5, 5.41) is 2.85. The average Bonchev–Trinajstić information content (AvgIpc) is 3.18. The molecule has 1 aromatic heterocycles. The number of amides is 2. The fourth-order valence-corrected chi connectivity index (χ4v) is 3.10. The Labute approximate surface area is 168 Å². The van der Waals surface area contributed by atoms with Crippen molar-refractivity contribution in [3.8, 4) is 5.69 Å². The van der Waals surface area contributed by atoms with E-state index in [-0.39, 0.29) is 11.8 Å². The quantitative estimate of drug-likeness (QED) is 0.579. The van der Waals surface area contributed by atoms with E-state index in [9.17, 15) is 9.59 Å². The van der Waals surface area contributed by atoms with E-state index in [2.05, 4.69) is 10.3 Å². The Morgan fingerprint density at radius 2 is 1.52 bits per heavy atom. The number of fused-ring (bicyclic) bond motifs is 1. The zero-order valence-corrected chi connectivity index (χ0v) is 16.2. The molecule has 144 valence electrons. The highest BCUT2D eigenvalue weighted by atomic mass is 16.2. The number of imidazole rings is 1. The van der Waals surface area contributed by atoms with Crippen LogP contribution in [-0.2, 0) is 0 Å². The van der Waals surface area contributed by atoms with Crippen molar-refractivity contribution in [1.29, 1.82) is 0 Å². The zero-order valence-electron chi connectivity index (χ0n) is 16.2. The molecule has 0 aliphatic rings. The highest BCUT2D eigenvalue weighted by Gasteiger charge is 2.10. The molecule has 2 amide bonds. The number of benzene rings is 3. The Balaban J connectivity index is 1.49. The number of aromatic nitrogens is 2. The van der Waals surface area contributed by atoms with Crippen molar-refractivity contribution < 1.29 is 9.59 Å². The third kappa shape index (κ3) is 3.73. The van der Waals surface area contributed by atoms with Crippen molar-refractivity contribution in [3.63, 3.8) is 0 Å². The van der Waals surface area contributed by atoms with Gasteiger partial charge < -0.3 is 10.2 Å². The van der Waals surface area contributed by atoms with Gasteiger partial charge in [0, 0.05) is 36.6 Å². The molecule has 0 atom stereocenters. The van der Waals surface area contributed by atoms with Gasteiger partial charge in [-0.15, -0.1) is 0 Å². The van der Waals surface area contributed by atoms with Gasteiger partial charge in [0.1, 0.15) is 6.33 Å². The van der Waals surface area contributed by atoms with Crippen molar-refractivity contribution >= 4 is 28.5 Å². The summed E-state index contributed by atoms with van der Waals surface area (Å²) >= 11 is 0. The first kappa shape index (κ1) is 18.4. The molecular formula is C23H20N4O2. The molecule has 0 aliphatic heterocycles. The van der Waals surface area contributed by atoms with Gasteiger partial charge in [0.2, 0.25) is 0 Å². The highest BCUT2D eigenvalue weighted by Crippen LogP contribution is 2.19. The van der Waals surface area contributed by atoms with Crippen molar-refractivity contribution in [3.05, 3.63) is 90.3 Å². The molecule has 0 saturated heterocycles. The topological polar surface area (TPSA) is 67.2 Å².